The van der Waals surface area contributed by atoms with Crippen molar-refractivity contribution in [2.75, 3.05) is 0 Å². The average molecular weight is 224 g/mol. The third kappa shape index (κ3) is 2.74. The minimum atomic E-state index is -1.09. The van der Waals surface area contributed by atoms with Crippen LogP contribution in [0.15, 0.2) is 24.3 Å². The van der Waals surface area contributed by atoms with Gasteiger partial charge in [0.05, 0.1) is 11.2 Å². The second-order valence-corrected chi connectivity index (χ2v) is 6.21. The molecule has 0 saturated carbocycles. The Kier molecular flexibility index (Phi) is 3.37. The highest BCUT2D eigenvalue weighted by Gasteiger charge is 2.41. The molecular weight excluding hydrogens is 200 g/mol. The van der Waals surface area contributed by atoms with Gasteiger partial charge in [-0.1, -0.05) is 38.2 Å². The summed E-state index contributed by atoms with van der Waals surface area (Å²) >= 11 is 0. The van der Waals surface area contributed by atoms with Crippen LogP contribution in [0.25, 0.3) is 0 Å². The molecule has 2 nitrogen and oxygen atoms in total. The van der Waals surface area contributed by atoms with Crippen LogP contribution < -0.4 is 0 Å². The van der Waals surface area contributed by atoms with Crippen molar-refractivity contribution in [3.63, 3.8) is 0 Å². The Hall–Kier alpha value is -0.600. The summed E-state index contributed by atoms with van der Waals surface area (Å²) in [5.41, 5.74) is -2.13. The van der Waals surface area contributed by atoms with Gasteiger partial charge in [0.1, 0.15) is 0 Å². The Bertz CT molecular complexity index is 303. The van der Waals surface area contributed by atoms with Gasteiger partial charge in [-0.3, -0.25) is 0 Å². The van der Waals surface area contributed by atoms with E-state index in [0.717, 1.165) is 0 Å². The topological polar surface area (TPSA) is 40.5 Å². The van der Waals surface area contributed by atoms with Crippen molar-refractivity contribution in [3.8, 4) is 0 Å². The number of allylic oxidation sites excluding steroid dienone is 4. The van der Waals surface area contributed by atoms with Gasteiger partial charge in [0.25, 0.3) is 0 Å². The molecule has 0 amide bonds. The first kappa shape index (κ1) is 13.5. The lowest BCUT2D eigenvalue weighted by atomic mass is 9.69. The first-order valence-electron chi connectivity index (χ1n) is 5.87. The molecular formula is C14H24O2. The van der Waals surface area contributed by atoms with Crippen LogP contribution in [0.5, 0.6) is 0 Å². The van der Waals surface area contributed by atoms with Crippen LogP contribution in [0.4, 0.5) is 0 Å². The largest absolute Gasteiger partial charge is 0.387 e. The van der Waals surface area contributed by atoms with Gasteiger partial charge in [0.15, 0.2) is 0 Å². The molecule has 0 bridgehead atoms. The summed E-state index contributed by atoms with van der Waals surface area (Å²) in [6.45, 7) is 9.32. The van der Waals surface area contributed by atoms with E-state index >= 15 is 0 Å². The highest BCUT2D eigenvalue weighted by atomic mass is 16.3. The van der Waals surface area contributed by atoms with Crippen molar-refractivity contribution in [1.82, 2.24) is 0 Å². The molecule has 0 aromatic rings. The zero-order valence-electron chi connectivity index (χ0n) is 11.0. The highest BCUT2D eigenvalue weighted by Crippen LogP contribution is 2.40. The van der Waals surface area contributed by atoms with Gasteiger partial charge >= 0.3 is 0 Å². The lowest BCUT2D eigenvalue weighted by molar-refractivity contribution is -0.132. The predicted octanol–water partition coefficient (Wildman–Crippen LogP) is 2.67. The molecule has 2 heteroatoms. The van der Waals surface area contributed by atoms with E-state index in [1.165, 1.54) is 0 Å². The van der Waals surface area contributed by atoms with E-state index in [1.807, 2.05) is 12.2 Å². The molecule has 16 heavy (non-hydrogen) atoms. The summed E-state index contributed by atoms with van der Waals surface area (Å²) in [6, 6.07) is 0. The van der Waals surface area contributed by atoms with Crippen LogP contribution in [0, 0.1) is 11.3 Å². The highest BCUT2D eigenvalue weighted by molar-refractivity contribution is 5.19. The van der Waals surface area contributed by atoms with Crippen molar-refractivity contribution < 1.29 is 10.2 Å². The van der Waals surface area contributed by atoms with E-state index < -0.39 is 11.2 Å². The molecule has 0 aromatic carbocycles. The van der Waals surface area contributed by atoms with Crippen LogP contribution in [-0.2, 0) is 0 Å². The Morgan fingerprint density at radius 3 is 2.12 bits per heavy atom. The fraction of sp³-hybridized carbons (Fsp3) is 0.714. The van der Waals surface area contributed by atoms with E-state index in [9.17, 15) is 10.2 Å². The Balaban J connectivity index is 2.82. The van der Waals surface area contributed by atoms with Gasteiger partial charge in [0, 0.05) is 0 Å². The third-order valence-electron chi connectivity index (χ3n) is 3.87. The maximum atomic E-state index is 10.3. The van der Waals surface area contributed by atoms with Crippen molar-refractivity contribution in [2.45, 2.75) is 52.2 Å². The summed E-state index contributed by atoms with van der Waals surface area (Å²) in [5, 5.41) is 20.3. The molecule has 92 valence electrons. The molecule has 1 aliphatic carbocycles. The quantitative estimate of drug-likeness (QED) is 0.773. The fourth-order valence-electron chi connectivity index (χ4n) is 1.88. The predicted molar refractivity (Wildman–Crippen MR) is 67.1 cm³/mol. The summed E-state index contributed by atoms with van der Waals surface area (Å²) in [6.07, 6.45) is 8.87. The van der Waals surface area contributed by atoms with Crippen LogP contribution in [0.2, 0.25) is 0 Å². The summed E-state index contributed by atoms with van der Waals surface area (Å²) in [5.74, 6) is 0.249. The zero-order chi connectivity index (χ0) is 12.6. The molecule has 0 aromatic heterocycles. The SMILES string of the molecule is CC1(C)C=CC=CC1CC(C)(O)C(C)(C)O. The van der Waals surface area contributed by atoms with Gasteiger partial charge < -0.3 is 10.2 Å². The van der Waals surface area contributed by atoms with Crippen molar-refractivity contribution >= 4 is 0 Å². The molecule has 2 N–H and O–H groups in total. The normalized spacial score (nSPS) is 27.8. The third-order valence-corrected chi connectivity index (χ3v) is 3.87. The van der Waals surface area contributed by atoms with E-state index in [4.69, 9.17) is 0 Å². The fourth-order valence-corrected chi connectivity index (χ4v) is 1.88. The van der Waals surface area contributed by atoms with Crippen molar-refractivity contribution in [2.24, 2.45) is 11.3 Å². The molecule has 0 aliphatic heterocycles. The summed E-state index contributed by atoms with van der Waals surface area (Å²) in [4.78, 5) is 0. The lowest BCUT2D eigenvalue weighted by Gasteiger charge is -2.42. The minimum absolute atomic E-state index is 0.0317. The molecule has 0 saturated heterocycles. The zero-order valence-corrected chi connectivity index (χ0v) is 11.0. The summed E-state index contributed by atoms with van der Waals surface area (Å²) < 4.78 is 0. The minimum Gasteiger partial charge on any atom is -0.387 e. The van der Waals surface area contributed by atoms with Gasteiger partial charge in [-0.2, -0.15) is 0 Å². The Morgan fingerprint density at radius 1 is 1.12 bits per heavy atom. The first-order chi connectivity index (χ1) is 7.06. The van der Waals surface area contributed by atoms with Gasteiger partial charge in [-0.25, -0.2) is 0 Å². The average Bonchev–Trinajstić information content (AvgIpc) is 2.06. The van der Waals surface area contributed by atoms with Gasteiger partial charge in [-0.05, 0) is 38.5 Å². The van der Waals surface area contributed by atoms with E-state index in [0.29, 0.717) is 6.42 Å². The molecule has 0 heterocycles. The van der Waals surface area contributed by atoms with E-state index in [-0.39, 0.29) is 11.3 Å². The Labute approximate surface area is 98.7 Å². The molecule has 0 spiro atoms. The number of hydrogen-bond donors (Lipinski definition) is 2. The van der Waals surface area contributed by atoms with Crippen LogP contribution in [0.3, 0.4) is 0 Å². The van der Waals surface area contributed by atoms with E-state index in [1.54, 1.807) is 20.8 Å². The van der Waals surface area contributed by atoms with Crippen molar-refractivity contribution in [1.29, 1.82) is 0 Å². The number of hydrogen-bond acceptors (Lipinski definition) is 2. The monoisotopic (exact) mass is 224 g/mol. The molecule has 2 unspecified atom stereocenters. The van der Waals surface area contributed by atoms with Gasteiger partial charge in [-0.15, -0.1) is 0 Å². The van der Waals surface area contributed by atoms with Crippen LogP contribution in [0.1, 0.15) is 41.0 Å². The van der Waals surface area contributed by atoms with Crippen LogP contribution in [-0.4, -0.2) is 21.4 Å². The standard InChI is InChI=1S/C14H24O2/c1-12(2)9-7-6-8-11(12)10-14(5,16)13(3,4)15/h6-9,11,15-16H,10H2,1-5H3. The molecule has 0 fully saturated rings. The smallest absolute Gasteiger partial charge is 0.0905 e. The lowest BCUT2D eigenvalue weighted by Crippen LogP contribution is -2.49. The number of rotatable bonds is 3. The molecule has 2 atom stereocenters. The number of aliphatic hydroxyl groups is 2. The van der Waals surface area contributed by atoms with E-state index in [2.05, 4.69) is 26.0 Å². The maximum absolute atomic E-state index is 10.3. The van der Waals surface area contributed by atoms with Crippen molar-refractivity contribution in [3.05, 3.63) is 24.3 Å². The molecule has 0 radical (unpaired) electrons. The molecule has 1 aliphatic rings. The Morgan fingerprint density at radius 2 is 1.69 bits per heavy atom. The van der Waals surface area contributed by atoms with Crippen LogP contribution >= 0.6 is 0 Å². The maximum Gasteiger partial charge on any atom is 0.0905 e. The van der Waals surface area contributed by atoms with Gasteiger partial charge in [0.2, 0.25) is 0 Å². The molecule has 1 rings (SSSR count). The second kappa shape index (κ2) is 4.01. The first-order valence-corrected chi connectivity index (χ1v) is 5.87. The second-order valence-electron chi connectivity index (χ2n) is 6.21. The summed E-state index contributed by atoms with van der Waals surface area (Å²) in [7, 11) is 0.